The summed E-state index contributed by atoms with van der Waals surface area (Å²) in [6, 6.07) is 0.893. The predicted molar refractivity (Wildman–Crippen MR) is 97.3 cm³/mol. The average molecular weight is 309 g/mol. The molecular weight excluding hydrogens is 268 g/mol. The largest absolute Gasteiger partial charge is 0.316 e. The van der Waals surface area contributed by atoms with Crippen molar-refractivity contribution >= 4 is 0 Å². The second-order valence-electron chi connectivity index (χ2n) is 7.84. The van der Waals surface area contributed by atoms with Crippen LogP contribution in [0.2, 0.25) is 0 Å². The molecule has 2 heteroatoms. The first-order valence-corrected chi connectivity index (χ1v) is 10.3. The lowest BCUT2D eigenvalue weighted by Crippen LogP contribution is -2.35. The number of hydrogen-bond donors (Lipinski definition) is 1. The Morgan fingerprint density at radius 1 is 0.773 bits per heavy atom. The maximum atomic E-state index is 3.58. The zero-order valence-electron chi connectivity index (χ0n) is 15.3. The van der Waals surface area contributed by atoms with E-state index in [-0.39, 0.29) is 0 Å². The molecule has 0 spiro atoms. The predicted octanol–water partition coefficient (Wildman–Crippen LogP) is 4.84. The van der Waals surface area contributed by atoms with Gasteiger partial charge in [-0.25, -0.2) is 0 Å². The fourth-order valence-corrected chi connectivity index (χ4v) is 4.49. The van der Waals surface area contributed by atoms with Crippen LogP contribution in [0.3, 0.4) is 0 Å². The zero-order chi connectivity index (χ0) is 15.6. The molecule has 3 atom stereocenters. The summed E-state index contributed by atoms with van der Waals surface area (Å²) < 4.78 is 0. The highest BCUT2D eigenvalue weighted by molar-refractivity contribution is 4.93. The van der Waals surface area contributed by atoms with Crippen molar-refractivity contribution in [2.45, 2.75) is 90.5 Å². The van der Waals surface area contributed by atoms with Gasteiger partial charge in [-0.3, -0.25) is 4.90 Å². The van der Waals surface area contributed by atoms with Gasteiger partial charge in [-0.2, -0.15) is 0 Å². The van der Waals surface area contributed by atoms with Crippen molar-refractivity contribution in [2.75, 3.05) is 26.2 Å². The van der Waals surface area contributed by atoms with Gasteiger partial charge in [-0.15, -0.1) is 0 Å². The van der Waals surface area contributed by atoms with E-state index in [2.05, 4.69) is 24.1 Å². The second-order valence-corrected chi connectivity index (χ2v) is 7.84. The van der Waals surface area contributed by atoms with Gasteiger partial charge in [-0.1, -0.05) is 71.6 Å². The highest BCUT2D eigenvalue weighted by atomic mass is 15.2. The summed E-state index contributed by atoms with van der Waals surface area (Å²) in [5.74, 6) is 1.91. The van der Waals surface area contributed by atoms with Gasteiger partial charge in [0.25, 0.3) is 0 Å². The van der Waals surface area contributed by atoms with Crippen LogP contribution in [0.5, 0.6) is 0 Å². The van der Waals surface area contributed by atoms with Gasteiger partial charge < -0.3 is 5.32 Å². The molecule has 3 unspecified atom stereocenters. The van der Waals surface area contributed by atoms with Crippen LogP contribution in [0.4, 0.5) is 0 Å². The molecule has 0 aromatic rings. The van der Waals surface area contributed by atoms with Gasteiger partial charge in [0.2, 0.25) is 0 Å². The molecule has 2 rings (SSSR count). The molecule has 0 aromatic heterocycles. The number of likely N-dealkylation sites (tertiary alicyclic amines) is 1. The Hall–Kier alpha value is -0.0800. The molecule has 2 aliphatic heterocycles. The Bertz CT molecular complexity index is 267. The molecular formula is C20H40N2. The molecule has 0 aliphatic carbocycles. The third-order valence-electron chi connectivity index (χ3n) is 5.97. The van der Waals surface area contributed by atoms with Gasteiger partial charge in [-0.05, 0) is 37.8 Å². The van der Waals surface area contributed by atoms with Crippen molar-refractivity contribution in [2.24, 2.45) is 11.8 Å². The lowest BCUT2D eigenvalue weighted by Gasteiger charge is -2.29. The minimum absolute atomic E-state index is 0.893. The highest BCUT2D eigenvalue weighted by Crippen LogP contribution is 2.30. The van der Waals surface area contributed by atoms with Gasteiger partial charge >= 0.3 is 0 Å². The molecule has 2 heterocycles. The van der Waals surface area contributed by atoms with E-state index in [0.717, 1.165) is 17.9 Å². The van der Waals surface area contributed by atoms with Gasteiger partial charge in [0, 0.05) is 19.1 Å². The summed E-state index contributed by atoms with van der Waals surface area (Å²) in [4.78, 5) is 2.88. The molecule has 0 saturated carbocycles. The van der Waals surface area contributed by atoms with Crippen molar-refractivity contribution in [3.63, 3.8) is 0 Å². The number of nitrogens with zero attached hydrogens (tertiary/aromatic N) is 1. The van der Waals surface area contributed by atoms with E-state index in [9.17, 15) is 0 Å². The third-order valence-corrected chi connectivity index (χ3v) is 5.97. The van der Waals surface area contributed by atoms with E-state index >= 15 is 0 Å². The summed E-state index contributed by atoms with van der Waals surface area (Å²) in [5.41, 5.74) is 0. The first-order chi connectivity index (χ1) is 10.8. The average Bonchev–Trinajstić information content (AvgIpc) is 3.10. The van der Waals surface area contributed by atoms with Crippen molar-refractivity contribution in [3.05, 3.63) is 0 Å². The fraction of sp³-hybridized carbons (Fsp3) is 1.00. The van der Waals surface area contributed by atoms with Crippen LogP contribution in [0, 0.1) is 11.8 Å². The van der Waals surface area contributed by atoms with Crippen LogP contribution in [0.1, 0.15) is 84.5 Å². The minimum Gasteiger partial charge on any atom is -0.316 e. The molecule has 0 radical (unpaired) electrons. The molecule has 0 bridgehead atoms. The lowest BCUT2D eigenvalue weighted by molar-refractivity contribution is 0.196. The van der Waals surface area contributed by atoms with E-state index < -0.39 is 0 Å². The fourth-order valence-electron chi connectivity index (χ4n) is 4.49. The number of unbranched alkanes of at least 4 members (excludes halogenated alkanes) is 7. The summed E-state index contributed by atoms with van der Waals surface area (Å²) in [7, 11) is 0. The molecule has 22 heavy (non-hydrogen) atoms. The Balaban J connectivity index is 1.71. The molecule has 2 saturated heterocycles. The van der Waals surface area contributed by atoms with Gasteiger partial charge in [0.15, 0.2) is 0 Å². The maximum absolute atomic E-state index is 3.58. The molecule has 2 aliphatic rings. The second kappa shape index (κ2) is 10.6. The van der Waals surface area contributed by atoms with Crippen molar-refractivity contribution in [1.29, 1.82) is 0 Å². The van der Waals surface area contributed by atoms with Gasteiger partial charge in [0.05, 0.1) is 0 Å². The highest BCUT2D eigenvalue weighted by Gasteiger charge is 2.38. The number of rotatable bonds is 12. The Kier molecular flexibility index (Phi) is 8.84. The molecule has 2 fully saturated rings. The smallest absolute Gasteiger partial charge is 0.00955 e. The SMILES string of the molecule is CCCCCCCC(CCCCCC)N1CC2CNCC2C1. The number of nitrogens with one attached hydrogen (secondary N) is 1. The number of hydrogen-bond acceptors (Lipinski definition) is 2. The zero-order valence-corrected chi connectivity index (χ0v) is 15.3. The maximum Gasteiger partial charge on any atom is 0.00955 e. The number of fused-ring (bicyclic) bond motifs is 1. The Labute approximate surface area is 139 Å². The topological polar surface area (TPSA) is 15.3 Å². The quantitative estimate of drug-likeness (QED) is 0.519. The van der Waals surface area contributed by atoms with E-state index in [0.29, 0.717) is 0 Å². The third kappa shape index (κ3) is 5.85. The van der Waals surface area contributed by atoms with Crippen LogP contribution in [-0.2, 0) is 0 Å². The molecule has 0 amide bonds. The van der Waals surface area contributed by atoms with Crippen LogP contribution in [-0.4, -0.2) is 37.1 Å². The minimum atomic E-state index is 0.893. The van der Waals surface area contributed by atoms with E-state index in [1.807, 2.05) is 0 Å². The molecule has 130 valence electrons. The summed E-state index contributed by atoms with van der Waals surface area (Å²) >= 11 is 0. The molecule has 1 N–H and O–H groups in total. The molecule has 0 aromatic carbocycles. The first-order valence-electron chi connectivity index (χ1n) is 10.3. The molecule has 2 nitrogen and oxygen atoms in total. The lowest BCUT2D eigenvalue weighted by atomic mass is 9.99. The van der Waals surface area contributed by atoms with Crippen LogP contribution >= 0.6 is 0 Å². The van der Waals surface area contributed by atoms with Gasteiger partial charge in [0.1, 0.15) is 0 Å². The Morgan fingerprint density at radius 3 is 1.82 bits per heavy atom. The summed E-state index contributed by atoms with van der Waals surface area (Å²) in [5, 5.41) is 3.58. The van der Waals surface area contributed by atoms with Crippen molar-refractivity contribution in [1.82, 2.24) is 10.2 Å². The standard InChI is InChI=1S/C20H40N2/c1-3-5-7-9-11-13-20(12-10-8-6-4-2)22-16-18-14-21-15-19(18)17-22/h18-21H,3-17H2,1-2H3. The summed E-state index contributed by atoms with van der Waals surface area (Å²) in [6.45, 7) is 9.95. The van der Waals surface area contributed by atoms with Crippen LogP contribution in [0.25, 0.3) is 0 Å². The van der Waals surface area contributed by atoms with Crippen molar-refractivity contribution < 1.29 is 0 Å². The van der Waals surface area contributed by atoms with Crippen LogP contribution < -0.4 is 5.32 Å². The van der Waals surface area contributed by atoms with E-state index in [4.69, 9.17) is 0 Å². The first kappa shape index (κ1) is 18.3. The van der Waals surface area contributed by atoms with E-state index in [1.54, 1.807) is 0 Å². The normalized spacial score (nSPS) is 26.5. The van der Waals surface area contributed by atoms with Crippen LogP contribution in [0.15, 0.2) is 0 Å². The Morgan fingerprint density at radius 2 is 1.27 bits per heavy atom. The van der Waals surface area contributed by atoms with Crippen molar-refractivity contribution in [3.8, 4) is 0 Å². The van der Waals surface area contributed by atoms with E-state index in [1.165, 1.54) is 96.8 Å². The monoisotopic (exact) mass is 308 g/mol. The summed E-state index contributed by atoms with van der Waals surface area (Å²) in [6.07, 6.45) is 15.8.